The van der Waals surface area contributed by atoms with Crippen LogP contribution in [-0.4, -0.2) is 20.5 Å². The van der Waals surface area contributed by atoms with Gasteiger partial charge in [-0.1, -0.05) is 37.1 Å². The van der Waals surface area contributed by atoms with Crippen LogP contribution in [0.1, 0.15) is 34.4 Å². The highest BCUT2D eigenvalue weighted by Crippen LogP contribution is 2.16. The zero-order valence-corrected chi connectivity index (χ0v) is 12.1. The van der Waals surface area contributed by atoms with E-state index in [-0.39, 0.29) is 5.69 Å². The second kappa shape index (κ2) is 5.74. The first-order valence-corrected chi connectivity index (χ1v) is 7.01. The number of aromatic nitrogens is 2. The quantitative estimate of drug-likeness (QED) is 0.738. The van der Waals surface area contributed by atoms with Crippen LogP contribution in [0.25, 0.3) is 5.65 Å². The molecule has 0 aliphatic carbocycles. The number of rotatable bonds is 2. The summed E-state index contributed by atoms with van der Waals surface area (Å²) in [6.07, 6.45) is 0.771. The SMILES string of the molecule is CCc1cccc2nc(C(=O)O)c(C#Cc3ccccc3)n12. The van der Waals surface area contributed by atoms with E-state index in [0.29, 0.717) is 11.3 Å². The molecule has 4 nitrogen and oxygen atoms in total. The van der Waals surface area contributed by atoms with E-state index >= 15 is 0 Å². The average Bonchev–Trinajstić information content (AvgIpc) is 2.93. The molecule has 0 atom stereocenters. The lowest BCUT2D eigenvalue weighted by molar-refractivity contribution is 0.0691. The Labute approximate surface area is 128 Å². The number of nitrogens with zero attached hydrogens (tertiary/aromatic N) is 2. The molecule has 108 valence electrons. The third-order valence-electron chi connectivity index (χ3n) is 3.39. The average molecular weight is 290 g/mol. The molecule has 3 aromatic rings. The van der Waals surface area contributed by atoms with Crippen LogP contribution in [0.5, 0.6) is 0 Å². The minimum atomic E-state index is -1.07. The highest BCUT2D eigenvalue weighted by molar-refractivity contribution is 5.89. The maximum Gasteiger partial charge on any atom is 0.357 e. The topological polar surface area (TPSA) is 54.6 Å². The summed E-state index contributed by atoms with van der Waals surface area (Å²) in [5.74, 6) is 4.92. The maximum absolute atomic E-state index is 11.5. The summed E-state index contributed by atoms with van der Waals surface area (Å²) in [5.41, 5.74) is 2.83. The molecule has 0 saturated heterocycles. The summed E-state index contributed by atoms with van der Waals surface area (Å²) in [7, 11) is 0. The largest absolute Gasteiger partial charge is 0.476 e. The number of aryl methyl sites for hydroxylation is 1. The molecule has 0 amide bonds. The number of carbonyl (C=O) groups is 1. The van der Waals surface area contributed by atoms with Gasteiger partial charge in [-0.25, -0.2) is 9.78 Å². The second-order valence-corrected chi connectivity index (χ2v) is 4.79. The third kappa shape index (κ3) is 2.45. The molecular weight excluding hydrogens is 276 g/mol. The lowest BCUT2D eigenvalue weighted by Gasteiger charge is -2.03. The van der Waals surface area contributed by atoms with Crippen LogP contribution in [0.15, 0.2) is 48.5 Å². The Morgan fingerprint density at radius 1 is 1.14 bits per heavy atom. The normalized spacial score (nSPS) is 10.2. The number of hydrogen-bond donors (Lipinski definition) is 1. The van der Waals surface area contributed by atoms with Crippen molar-refractivity contribution in [1.82, 2.24) is 9.38 Å². The predicted molar refractivity (Wildman–Crippen MR) is 84.0 cm³/mol. The van der Waals surface area contributed by atoms with Crippen molar-refractivity contribution >= 4 is 11.6 Å². The molecule has 0 radical (unpaired) electrons. The fraction of sp³-hybridized carbons (Fsp3) is 0.111. The van der Waals surface area contributed by atoms with Crippen LogP contribution >= 0.6 is 0 Å². The maximum atomic E-state index is 11.5. The predicted octanol–water partition coefficient (Wildman–Crippen LogP) is 2.99. The summed E-state index contributed by atoms with van der Waals surface area (Å²) >= 11 is 0. The van der Waals surface area contributed by atoms with Gasteiger partial charge >= 0.3 is 5.97 Å². The van der Waals surface area contributed by atoms with E-state index in [0.717, 1.165) is 17.7 Å². The van der Waals surface area contributed by atoms with Gasteiger partial charge in [-0.15, -0.1) is 0 Å². The van der Waals surface area contributed by atoms with E-state index in [9.17, 15) is 9.90 Å². The molecule has 0 fully saturated rings. The Morgan fingerprint density at radius 2 is 1.91 bits per heavy atom. The summed E-state index contributed by atoms with van der Waals surface area (Å²) in [4.78, 5) is 15.7. The van der Waals surface area contributed by atoms with Crippen molar-refractivity contribution in [2.45, 2.75) is 13.3 Å². The van der Waals surface area contributed by atoms with Gasteiger partial charge in [0.05, 0.1) is 0 Å². The molecule has 0 saturated carbocycles. The van der Waals surface area contributed by atoms with E-state index in [1.54, 1.807) is 6.07 Å². The number of aromatic carboxylic acids is 1. The molecule has 22 heavy (non-hydrogen) atoms. The molecule has 0 spiro atoms. The van der Waals surface area contributed by atoms with E-state index in [2.05, 4.69) is 16.8 Å². The van der Waals surface area contributed by atoms with Crippen molar-refractivity contribution < 1.29 is 9.90 Å². The Hall–Kier alpha value is -3.06. The van der Waals surface area contributed by atoms with Crippen LogP contribution in [0.3, 0.4) is 0 Å². The van der Waals surface area contributed by atoms with Gasteiger partial charge in [0.15, 0.2) is 5.69 Å². The summed E-state index contributed by atoms with van der Waals surface area (Å²) < 4.78 is 1.82. The Morgan fingerprint density at radius 3 is 2.59 bits per heavy atom. The van der Waals surface area contributed by atoms with Gasteiger partial charge in [0.25, 0.3) is 0 Å². The molecule has 0 unspecified atom stereocenters. The molecule has 0 bridgehead atoms. The van der Waals surface area contributed by atoms with Gasteiger partial charge in [-0.2, -0.15) is 0 Å². The smallest absolute Gasteiger partial charge is 0.357 e. The molecule has 0 aliphatic rings. The zero-order chi connectivity index (χ0) is 15.5. The van der Waals surface area contributed by atoms with Crippen molar-refractivity contribution in [2.75, 3.05) is 0 Å². The number of pyridine rings is 1. The van der Waals surface area contributed by atoms with E-state index < -0.39 is 5.97 Å². The van der Waals surface area contributed by atoms with E-state index in [4.69, 9.17) is 0 Å². The monoisotopic (exact) mass is 290 g/mol. The van der Waals surface area contributed by atoms with Gasteiger partial charge in [-0.3, -0.25) is 4.40 Å². The number of hydrogen-bond acceptors (Lipinski definition) is 2. The summed E-state index contributed by atoms with van der Waals surface area (Å²) in [6.45, 7) is 2.02. The Kier molecular flexibility index (Phi) is 3.63. The molecule has 4 heteroatoms. The van der Waals surface area contributed by atoms with Crippen molar-refractivity contribution in [1.29, 1.82) is 0 Å². The van der Waals surface area contributed by atoms with Crippen LogP contribution in [-0.2, 0) is 6.42 Å². The second-order valence-electron chi connectivity index (χ2n) is 4.79. The first kappa shape index (κ1) is 13.9. The number of carboxylic acids is 1. The summed E-state index contributed by atoms with van der Waals surface area (Å²) in [5, 5.41) is 9.38. The number of benzene rings is 1. The molecule has 1 aromatic carbocycles. The van der Waals surface area contributed by atoms with Gasteiger partial charge in [-0.05, 0) is 36.6 Å². The summed E-state index contributed by atoms with van der Waals surface area (Å²) in [6, 6.07) is 15.1. The number of imidazole rings is 1. The van der Waals surface area contributed by atoms with Crippen molar-refractivity contribution in [2.24, 2.45) is 0 Å². The van der Waals surface area contributed by atoms with E-state index in [1.807, 2.05) is 53.8 Å². The van der Waals surface area contributed by atoms with Crippen LogP contribution in [0.2, 0.25) is 0 Å². The lowest BCUT2D eigenvalue weighted by Crippen LogP contribution is -2.02. The Bertz CT molecular complexity index is 899. The number of carboxylic acid groups (broad SMARTS) is 1. The molecule has 0 aliphatic heterocycles. The third-order valence-corrected chi connectivity index (χ3v) is 3.39. The van der Waals surface area contributed by atoms with Crippen LogP contribution in [0.4, 0.5) is 0 Å². The standard InChI is InChI=1S/C18H14N2O2/c1-2-14-9-6-10-16-19-17(18(21)22)15(20(14)16)12-11-13-7-4-3-5-8-13/h3-10H,2H2,1H3,(H,21,22). The molecule has 3 rings (SSSR count). The Balaban J connectivity index is 2.25. The lowest BCUT2D eigenvalue weighted by atomic mass is 10.2. The minimum absolute atomic E-state index is 0.00988. The van der Waals surface area contributed by atoms with Gasteiger partial charge in [0.1, 0.15) is 11.3 Å². The van der Waals surface area contributed by atoms with Crippen molar-refractivity contribution in [3.8, 4) is 11.8 Å². The first-order chi connectivity index (χ1) is 10.7. The van der Waals surface area contributed by atoms with Gasteiger partial charge in [0.2, 0.25) is 0 Å². The zero-order valence-electron chi connectivity index (χ0n) is 12.1. The molecular formula is C18H14N2O2. The van der Waals surface area contributed by atoms with Gasteiger partial charge < -0.3 is 5.11 Å². The van der Waals surface area contributed by atoms with Crippen LogP contribution < -0.4 is 0 Å². The number of fused-ring (bicyclic) bond motifs is 1. The highest BCUT2D eigenvalue weighted by Gasteiger charge is 2.18. The van der Waals surface area contributed by atoms with Crippen LogP contribution in [0, 0.1) is 11.8 Å². The van der Waals surface area contributed by atoms with Crippen molar-refractivity contribution in [3.05, 3.63) is 71.2 Å². The van der Waals surface area contributed by atoms with E-state index in [1.165, 1.54) is 0 Å². The highest BCUT2D eigenvalue weighted by atomic mass is 16.4. The first-order valence-electron chi connectivity index (χ1n) is 7.01. The molecule has 2 heterocycles. The molecule has 2 aromatic heterocycles. The fourth-order valence-corrected chi connectivity index (χ4v) is 2.35. The van der Waals surface area contributed by atoms with Crippen molar-refractivity contribution in [3.63, 3.8) is 0 Å². The molecule has 1 N–H and O–H groups in total. The fourth-order valence-electron chi connectivity index (χ4n) is 2.35. The minimum Gasteiger partial charge on any atom is -0.476 e. The van der Waals surface area contributed by atoms with Gasteiger partial charge in [0, 0.05) is 11.3 Å².